The molecule has 2 rings (SSSR count). The highest BCUT2D eigenvalue weighted by atomic mass is 35.5. The molecule has 0 aliphatic heterocycles. The van der Waals surface area contributed by atoms with Crippen LogP contribution in [-0.2, 0) is 9.53 Å². The molecule has 0 radical (unpaired) electrons. The van der Waals surface area contributed by atoms with E-state index in [2.05, 4.69) is 4.74 Å². The van der Waals surface area contributed by atoms with Crippen LogP contribution in [0.15, 0.2) is 36.4 Å². The number of nitriles is 1. The van der Waals surface area contributed by atoms with Crippen LogP contribution in [0.5, 0.6) is 17.2 Å². The van der Waals surface area contributed by atoms with Gasteiger partial charge >= 0.3 is 5.97 Å². The van der Waals surface area contributed by atoms with E-state index in [1.165, 1.54) is 38.3 Å². The Morgan fingerprint density at radius 2 is 1.86 bits per heavy atom. The lowest BCUT2D eigenvalue weighted by Crippen LogP contribution is -2.25. The largest absolute Gasteiger partial charge is 0.477 e. The maximum absolute atomic E-state index is 13.4. The molecule has 0 bridgehead atoms. The third kappa shape index (κ3) is 5.08. The second-order valence-electron chi connectivity index (χ2n) is 5.58. The molecule has 0 saturated carbocycles. The molecule has 0 saturated heterocycles. The van der Waals surface area contributed by atoms with Crippen molar-refractivity contribution in [1.29, 1.82) is 5.26 Å². The highest BCUT2D eigenvalue weighted by molar-refractivity contribution is 6.32. The van der Waals surface area contributed by atoms with Crippen LogP contribution in [0.2, 0.25) is 5.02 Å². The fourth-order valence-electron chi connectivity index (χ4n) is 2.20. The third-order valence-electron chi connectivity index (χ3n) is 3.63. The van der Waals surface area contributed by atoms with E-state index >= 15 is 0 Å². The van der Waals surface area contributed by atoms with Crippen molar-refractivity contribution in [2.45, 2.75) is 25.6 Å². The van der Waals surface area contributed by atoms with Crippen LogP contribution >= 0.6 is 11.6 Å². The minimum atomic E-state index is -3.17. The van der Waals surface area contributed by atoms with E-state index in [1.54, 1.807) is 0 Å². The van der Waals surface area contributed by atoms with E-state index in [4.69, 9.17) is 21.1 Å². The molecule has 0 aliphatic rings. The molecule has 2 aromatic rings. The van der Waals surface area contributed by atoms with Crippen LogP contribution in [0, 0.1) is 11.3 Å². The van der Waals surface area contributed by atoms with Crippen molar-refractivity contribution in [3.05, 3.63) is 52.5 Å². The van der Waals surface area contributed by atoms with Gasteiger partial charge in [0.05, 0.1) is 17.7 Å². The van der Waals surface area contributed by atoms with Crippen molar-refractivity contribution in [2.75, 3.05) is 7.11 Å². The van der Waals surface area contributed by atoms with Gasteiger partial charge in [0, 0.05) is 6.07 Å². The monoisotopic (exact) mass is 413 g/mol. The quantitative estimate of drug-likeness (QED) is 0.582. The summed E-state index contributed by atoms with van der Waals surface area (Å²) in [7, 11) is 1.20. The molecule has 0 aromatic heterocycles. The molecule has 2 unspecified atom stereocenters. The van der Waals surface area contributed by atoms with E-state index < -0.39 is 24.7 Å². The fraction of sp³-hybridized carbons (Fsp3) is 0.263. The maximum Gasteiger partial charge on any atom is 0.346 e. The predicted octanol–water partition coefficient (Wildman–Crippen LogP) is 5.22. The maximum atomic E-state index is 13.4. The van der Waals surface area contributed by atoms with Gasteiger partial charge in [-0.1, -0.05) is 17.7 Å². The Morgan fingerprint density at radius 3 is 2.43 bits per heavy atom. The number of hydrogen-bond donors (Lipinski definition) is 0. The summed E-state index contributed by atoms with van der Waals surface area (Å²) in [5.74, 6) is -0.268. The molecule has 28 heavy (non-hydrogen) atoms. The zero-order chi connectivity index (χ0) is 20.8. The smallest absolute Gasteiger partial charge is 0.346 e. The van der Waals surface area contributed by atoms with Gasteiger partial charge in [0.1, 0.15) is 23.3 Å². The first-order valence-electron chi connectivity index (χ1n) is 7.95. The van der Waals surface area contributed by atoms with Gasteiger partial charge < -0.3 is 14.2 Å². The molecule has 148 valence electrons. The van der Waals surface area contributed by atoms with E-state index in [0.717, 1.165) is 12.1 Å². The van der Waals surface area contributed by atoms with Crippen molar-refractivity contribution in [3.63, 3.8) is 0 Å². The number of carbonyl (C=O) groups excluding carboxylic acids is 1. The normalized spacial score (nSPS) is 12.8. The molecule has 2 aromatic carbocycles. The Labute approximate surface area is 164 Å². The van der Waals surface area contributed by atoms with E-state index in [-0.39, 0.29) is 33.4 Å². The molecule has 0 amide bonds. The van der Waals surface area contributed by atoms with Gasteiger partial charge in [0.2, 0.25) is 0 Å². The van der Waals surface area contributed by atoms with Crippen LogP contribution in [0.4, 0.5) is 13.2 Å². The van der Waals surface area contributed by atoms with Crippen molar-refractivity contribution >= 4 is 17.6 Å². The molecule has 0 fully saturated rings. The average molecular weight is 414 g/mol. The minimum absolute atomic E-state index is 0.0736. The molecule has 5 nitrogen and oxygen atoms in total. The summed E-state index contributed by atoms with van der Waals surface area (Å²) in [5.41, 5.74) is -0.121. The number of halogens is 4. The second kappa shape index (κ2) is 9.33. The lowest BCUT2D eigenvalue weighted by Gasteiger charge is -2.15. The van der Waals surface area contributed by atoms with Gasteiger partial charge in [-0.3, -0.25) is 0 Å². The minimum Gasteiger partial charge on any atom is -0.477 e. The van der Waals surface area contributed by atoms with Gasteiger partial charge in [-0.2, -0.15) is 5.26 Å². The van der Waals surface area contributed by atoms with E-state index in [9.17, 15) is 23.2 Å². The number of hydrogen-bond acceptors (Lipinski definition) is 5. The number of esters is 1. The third-order valence-corrected chi connectivity index (χ3v) is 3.93. The molecule has 0 aliphatic carbocycles. The zero-order valence-corrected chi connectivity index (χ0v) is 15.5. The predicted molar refractivity (Wildman–Crippen MR) is 94.6 cm³/mol. The van der Waals surface area contributed by atoms with Crippen LogP contribution < -0.4 is 9.47 Å². The summed E-state index contributed by atoms with van der Waals surface area (Å²) in [6, 6.07) is 9.58. The van der Waals surface area contributed by atoms with Crippen molar-refractivity contribution in [2.24, 2.45) is 0 Å². The van der Waals surface area contributed by atoms with Crippen LogP contribution in [0.1, 0.15) is 24.2 Å². The molecular weight excluding hydrogens is 399 g/mol. The first-order valence-corrected chi connectivity index (χ1v) is 8.32. The molecule has 0 heterocycles. The first-order chi connectivity index (χ1) is 13.3. The van der Waals surface area contributed by atoms with Gasteiger partial charge in [0.15, 0.2) is 12.3 Å². The Hall–Kier alpha value is -2.92. The highest BCUT2D eigenvalue weighted by Crippen LogP contribution is 2.35. The Kier molecular flexibility index (Phi) is 7.12. The second-order valence-corrected chi connectivity index (χ2v) is 5.99. The van der Waals surface area contributed by atoms with E-state index in [1.807, 2.05) is 6.07 Å². The number of alkyl halides is 3. The number of benzene rings is 2. The van der Waals surface area contributed by atoms with Crippen molar-refractivity contribution in [3.8, 4) is 23.3 Å². The van der Waals surface area contributed by atoms with Gasteiger partial charge in [-0.05, 0) is 36.8 Å². The highest BCUT2D eigenvalue weighted by Gasteiger charge is 2.22. The summed E-state index contributed by atoms with van der Waals surface area (Å²) < 4.78 is 53.9. The number of nitrogens with zero attached hydrogens (tertiary/aromatic N) is 1. The number of rotatable bonds is 7. The summed E-state index contributed by atoms with van der Waals surface area (Å²) in [4.78, 5) is 11.5. The van der Waals surface area contributed by atoms with Crippen molar-refractivity contribution < 1.29 is 32.2 Å². The van der Waals surface area contributed by atoms with Crippen LogP contribution in [0.25, 0.3) is 0 Å². The topological polar surface area (TPSA) is 68.6 Å². The standard InChI is InChI=1S/C19H15ClF3NO4/c1-10(19(25)26-2)27-16-8-13(5-3-12(16)9-24)28-15-6-4-11(7-14(15)20)17(21)18(22)23/h3-8,10,17-18H,1-2H3. The zero-order valence-electron chi connectivity index (χ0n) is 14.8. The Morgan fingerprint density at radius 1 is 1.14 bits per heavy atom. The Balaban J connectivity index is 2.26. The molecular formula is C19H15ClF3NO4. The van der Waals surface area contributed by atoms with E-state index in [0.29, 0.717) is 0 Å². The van der Waals surface area contributed by atoms with Gasteiger partial charge in [-0.25, -0.2) is 18.0 Å². The summed E-state index contributed by atoms with van der Waals surface area (Å²) in [5, 5.41) is 9.10. The lowest BCUT2D eigenvalue weighted by atomic mass is 10.1. The van der Waals surface area contributed by atoms with Gasteiger partial charge in [-0.15, -0.1) is 0 Å². The first kappa shape index (κ1) is 21.4. The molecule has 0 N–H and O–H groups in total. The van der Waals surface area contributed by atoms with Crippen molar-refractivity contribution in [1.82, 2.24) is 0 Å². The number of carbonyl (C=O) groups is 1. The average Bonchev–Trinajstić information content (AvgIpc) is 2.68. The summed E-state index contributed by atoms with van der Waals surface area (Å²) >= 11 is 5.99. The fourth-order valence-corrected chi connectivity index (χ4v) is 2.43. The molecule has 0 spiro atoms. The SMILES string of the molecule is COC(=O)C(C)Oc1cc(Oc2ccc(C(F)C(F)F)cc2Cl)ccc1C#N. The molecule has 9 heteroatoms. The van der Waals surface area contributed by atoms with Gasteiger partial charge in [0.25, 0.3) is 6.43 Å². The van der Waals surface area contributed by atoms with Crippen LogP contribution in [0.3, 0.4) is 0 Å². The van der Waals surface area contributed by atoms with Crippen LogP contribution in [-0.4, -0.2) is 25.6 Å². The Bertz CT molecular complexity index is 901. The number of ether oxygens (including phenoxy) is 3. The lowest BCUT2D eigenvalue weighted by molar-refractivity contribution is -0.147. The number of methoxy groups -OCH3 is 1. The molecule has 2 atom stereocenters. The summed E-state index contributed by atoms with van der Waals surface area (Å²) in [6.07, 6.45) is -6.59. The summed E-state index contributed by atoms with van der Waals surface area (Å²) in [6.45, 7) is 1.45.